The lowest BCUT2D eigenvalue weighted by molar-refractivity contribution is 0.299. The van der Waals surface area contributed by atoms with Gasteiger partial charge in [0.25, 0.3) is 0 Å². The molecule has 0 amide bonds. The first-order valence-corrected chi connectivity index (χ1v) is 9.26. The Morgan fingerprint density at radius 1 is 1.12 bits per heavy atom. The molecule has 0 saturated heterocycles. The predicted molar refractivity (Wildman–Crippen MR) is 96.1 cm³/mol. The van der Waals surface area contributed by atoms with Crippen molar-refractivity contribution in [3.8, 4) is 5.75 Å². The molecule has 5 nitrogen and oxygen atoms in total. The Bertz CT molecular complexity index is 777. The van der Waals surface area contributed by atoms with Crippen LogP contribution in [0.3, 0.4) is 0 Å². The average Bonchev–Trinajstić information content (AvgIpc) is 2.55. The molecule has 0 radical (unpaired) electrons. The van der Waals surface area contributed by atoms with Gasteiger partial charge in [0, 0.05) is 12.6 Å². The molecule has 2 aromatic carbocycles. The van der Waals surface area contributed by atoms with E-state index in [-0.39, 0.29) is 22.5 Å². The van der Waals surface area contributed by atoms with E-state index in [9.17, 15) is 8.42 Å². The first kappa shape index (κ1) is 18.7. The van der Waals surface area contributed by atoms with Crippen LogP contribution in [0.15, 0.2) is 53.4 Å². The third-order valence-corrected chi connectivity index (χ3v) is 5.64. The summed E-state index contributed by atoms with van der Waals surface area (Å²) in [6, 6.07) is 13.8. The highest BCUT2D eigenvalue weighted by atomic mass is 35.5. The maximum atomic E-state index is 12.5. The largest absolute Gasteiger partial charge is 0.497 e. The van der Waals surface area contributed by atoms with Crippen LogP contribution >= 0.6 is 11.6 Å². The van der Waals surface area contributed by atoms with Crippen LogP contribution in [0.2, 0.25) is 5.02 Å². The summed E-state index contributed by atoms with van der Waals surface area (Å²) < 4.78 is 32.7. The van der Waals surface area contributed by atoms with Crippen LogP contribution in [0, 0.1) is 0 Å². The van der Waals surface area contributed by atoms with Gasteiger partial charge in [0.15, 0.2) is 0 Å². The molecule has 0 aliphatic heterocycles. The Kier molecular flexibility index (Phi) is 6.23. The van der Waals surface area contributed by atoms with Gasteiger partial charge in [-0.25, -0.2) is 13.1 Å². The van der Waals surface area contributed by atoms with Gasteiger partial charge in [-0.15, -0.1) is 0 Å². The van der Waals surface area contributed by atoms with Crippen molar-refractivity contribution in [2.24, 2.45) is 0 Å². The first-order valence-electron chi connectivity index (χ1n) is 7.39. The number of halogens is 1. The van der Waals surface area contributed by atoms with Crippen molar-refractivity contribution in [1.29, 1.82) is 0 Å². The minimum atomic E-state index is -3.67. The second-order valence-corrected chi connectivity index (χ2v) is 7.68. The van der Waals surface area contributed by atoms with E-state index in [4.69, 9.17) is 16.3 Å². The van der Waals surface area contributed by atoms with Gasteiger partial charge in [-0.1, -0.05) is 35.9 Å². The Morgan fingerprint density at radius 2 is 1.75 bits per heavy atom. The third kappa shape index (κ3) is 4.48. The summed E-state index contributed by atoms with van der Waals surface area (Å²) in [4.78, 5) is 2.04. The van der Waals surface area contributed by atoms with Crippen molar-refractivity contribution in [2.45, 2.75) is 10.9 Å². The second-order valence-electron chi connectivity index (χ2n) is 5.53. The molecule has 130 valence electrons. The number of rotatable bonds is 7. The molecule has 0 aromatic heterocycles. The molecule has 0 bridgehead atoms. The molecule has 1 N–H and O–H groups in total. The monoisotopic (exact) mass is 368 g/mol. The molecule has 0 spiro atoms. The second kappa shape index (κ2) is 7.98. The van der Waals surface area contributed by atoms with Gasteiger partial charge in [0.1, 0.15) is 10.6 Å². The fourth-order valence-electron chi connectivity index (χ4n) is 2.35. The smallest absolute Gasteiger partial charge is 0.242 e. The number of likely N-dealkylation sites (N-methyl/N-ethyl adjacent to an activating group) is 1. The molecule has 7 heteroatoms. The van der Waals surface area contributed by atoms with Gasteiger partial charge in [-0.05, 0) is 43.9 Å². The minimum absolute atomic E-state index is 0.0823. The van der Waals surface area contributed by atoms with E-state index in [1.807, 2.05) is 43.3 Å². The first-order chi connectivity index (χ1) is 11.3. The number of benzene rings is 2. The standard InChI is InChI=1S/C17H21ClN2O3S/c1-20(2)16(13-8-10-14(23-3)11-9-13)12-19-24(21,22)17-7-5-4-6-15(17)18/h4-11,16,19H,12H2,1-3H3. The van der Waals surface area contributed by atoms with Crippen LogP contribution in [-0.4, -0.2) is 41.1 Å². The van der Waals surface area contributed by atoms with Crippen LogP contribution in [-0.2, 0) is 10.0 Å². The summed E-state index contributed by atoms with van der Waals surface area (Å²) in [5, 5.41) is 0.204. The van der Waals surface area contributed by atoms with E-state index >= 15 is 0 Å². The topological polar surface area (TPSA) is 58.6 Å². The van der Waals surface area contributed by atoms with E-state index in [2.05, 4.69) is 4.72 Å². The zero-order valence-electron chi connectivity index (χ0n) is 13.9. The number of nitrogens with zero attached hydrogens (tertiary/aromatic N) is 1. The molecule has 0 aliphatic rings. The van der Waals surface area contributed by atoms with E-state index in [1.165, 1.54) is 6.07 Å². The quantitative estimate of drug-likeness (QED) is 0.816. The number of nitrogens with one attached hydrogen (secondary N) is 1. The van der Waals surface area contributed by atoms with Crippen LogP contribution in [0.4, 0.5) is 0 Å². The molecule has 0 aliphatic carbocycles. The summed E-state index contributed by atoms with van der Waals surface area (Å²) in [7, 11) is 1.74. The summed E-state index contributed by atoms with van der Waals surface area (Å²) in [5.74, 6) is 0.757. The Labute approximate surface area is 148 Å². The Morgan fingerprint density at radius 3 is 2.29 bits per heavy atom. The van der Waals surface area contributed by atoms with Gasteiger partial charge in [0.05, 0.1) is 12.1 Å². The van der Waals surface area contributed by atoms with Crippen molar-refractivity contribution >= 4 is 21.6 Å². The normalized spacial score (nSPS) is 13.0. The molecule has 1 unspecified atom stereocenters. The predicted octanol–water partition coefficient (Wildman–Crippen LogP) is 2.93. The lowest BCUT2D eigenvalue weighted by Crippen LogP contribution is -2.34. The highest BCUT2D eigenvalue weighted by Gasteiger charge is 2.21. The van der Waals surface area contributed by atoms with Gasteiger partial charge < -0.3 is 9.64 Å². The average molecular weight is 369 g/mol. The van der Waals surface area contributed by atoms with E-state index in [1.54, 1.807) is 25.3 Å². The number of sulfonamides is 1. The highest BCUT2D eigenvalue weighted by Crippen LogP contribution is 2.23. The van der Waals surface area contributed by atoms with Crippen molar-refractivity contribution < 1.29 is 13.2 Å². The SMILES string of the molecule is COc1ccc(C(CNS(=O)(=O)c2ccccc2Cl)N(C)C)cc1. The highest BCUT2D eigenvalue weighted by molar-refractivity contribution is 7.89. The van der Waals surface area contributed by atoms with E-state index in [0.29, 0.717) is 0 Å². The van der Waals surface area contributed by atoms with Gasteiger partial charge in [-0.3, -0.25) is 0 Å². The van der Waals surface area contributed by atoms with Gasteiger partial charge >= 0.3 is 0 Å². The number of ether oxygens (including phenoxy) is 1. The van der Waals surface area contributed by atoms with Crippen molar-refractivity contribution in [1.82, 2.24) is 9.62 Å². The molecular formula is C17H21ClN2O3S. The van der Waals surface area contributed by atoms with Crippen LogP contribution in [0.5, 0.6) is 5.75 Å². The van der Waals surface area contributed by atoms with Crippen molar-refractivity contribution in [2.75, 3.05) is 27.7 Å². The van der Waals surface area contributed by atoms with E-state index in [0.717, 1.165) is 11.3 Å². The van der Waals surface area contributed by atoms with Crippen LogP contribution in [0.1, 0.15) is 11.6 Å². The third-order valence-electron chi connectivity index (χ3n) is 3.72. The summed E-state index contributed by atoms with van der Waals surface area (Å²) in [5.41, 5.74) is 0.989. The number of hydrogen-bond acceptors (Lipinski definition) is 4. The van der Waals surface area contributed by atoms with Gasteiger partial charge in [0.2, 0.25) is 10.0 Å². The molecule has 2 aromatic rings. The zero-order chi connectivity index (χ0) is 17.7. The summed E-state index contributed by atoms with van der Waals surface area (Å²) >= 11 is 5.99. The molecule has 1 atom stereocenters. The maximum absolute atomic E-state index is 12.5. The zero-order valence-corrected chi connectivity index (χ0v) is 15.4. The Hall–Kier alpha value is -1.60. The lowest BCUT2D eigenvalue weighted by atomic mass is 10.1. The minimum Gasteiger partial charge on any atom is -0.497 e. The molecular weight excluding hydrogens is 348 g/mol. The van der Waals surface area contributed by atoms with Crippen LogP contribution in [0.25, 0.3) is 0 Å². The fourth-order valence-corrected chi connectivity index (χ4v) is 3.91. The van der Waals surface area contributed by atoms with Crippen LogP contribution < -0.4 is 9.46 Å². The van der Waals surface area contributed by atoms with E-state index < -0.39 is 10.0 Å². The van der Waals surface area contributed by atoms with Crippen molar-refractivity contribution in [3.05, 3.63) is 59.1 Å². The maximum Gasteiger partial charge on any atom is 0.242 e. The summed E-state index contributed by atoms with van der Waals surface area (Å²) in [6.45, 7) is 0.229. The fraction of sp³-hybridized carbons (Fsp3) is 0.294. The molecule has 0 heterocycles. The molecule has 24 heavy (non-hydrogen) atoms. The van der Waals surface area contributed by atoms with Gasteiger partial charge in [-0.2, -0.15) is 0 Å². The molecule has 2 rings (SSSR count). The lowest BCUT2D eigenvalue weighted by Gasteiger charge is -2.25. The Balaban J connectivity index is 2.18. The number of hydrogen-bond donors (Lipinski definition) is 1. The molecule has 0 saturated carbocycles. The molecule has 0 fully saturated rings. The van der Waals surface area contributed by atoms with Crippen molar-refractivity contribution in [3.63, 3.8) is 0 Å². The summed E-state index contributed by atoms with van der Waals surface area (Å²) in [6.07, 6.45) is 0. The number of methoxy groups -OCH3 is 1.